The average molecular weight is 484 g/mol. The van der Waals surface area contributed by atoms with Crippen LogP contribution in [0.5, 0.6) is 17.2 Å². The van der Waals surface area contributed by atoms with E-state index in [0.717, 1.165) is 18.4 Å². The Hall–Kier alpha value is -4.05. The van der Waals surface area contributed by atoms with Gasteiger partial charge < -0.3 is 24.1 Å². The van der Waals surface area contributed by atoms with Crippen LogP contribution >= 0.6 is 0 Å². The number of hydrogen-bond donors (Lipinski definition) is 3. The van der Waals surface area contributed by atoms with E-state index in [0.29, 0.717) is 41.3 Å². The van der Waals surface area contributed by atoms with E-state index in [1.165, 1.54) is 21.3 Å². The summed E-state index contributed by atoms with van der Waals surface area (Å²) in [4.78, 5) is 37.5. The molecule has 3 rings (SSSR count). The number of nitrogens with one attached hydrogen (secondary N) is 2. The Morgan fingerprint density at radius 1 is 0.971 bits per heavy atom. The second-order valence-electron chi connectivity index (χ2n) is 7.80. The van der Waals surface area contributed by atoms with Crippen molar-refractivity contribution in [2.24, 2.45) is 0 Å². The second-order valence-corrected chi connectivity index (χ2v) is 7.80. The number of ether oxygens (including phenoxy) is 3. The predicted molar refractivity (Wildman–Crippen MR) is 131 cm³/mol. The van der Waals surface area contributed by atoms with Crippen LogP contribution in [-0.2, 0) is 11.3 Å². The monoisotopic (exact) mass is 483 g/mol. The molecule has 0 saturated heterocycles. The standard InChI is InChI=1S/C25H29N3O7/c1-33-20-13-16(14-21(34-2)24(20)35-3)26-25(31)18-15-28(12-8-4-5-11-22(29)27-32)19-10-7-6-9-17(19)23(18)30/h6-7,9-10,13-15,32H,4-5,8,11-12H2,1-3H3,(H,26,31)(H,27,29). The van der Waals surface area contributed by atoms with Gasteiger partial charge in [0.25, 0.3) is 5.91 Å². The summed E-state index contributed by atoms with van der Waals surface area (Å²) in [6.07, 6.45) is 3.85. The quantitative estimate of drug-likeness (QED) is 0.217. The molecule has 2 aromatic carbocycles. The van der Waals surface area contributed by atoms with Crippen LogP contribution in [0.4, 0.5) is 5.69 Å². The highest BCUT2D eigenvalue weighted by Crippen LogP contribution is 2.40. The van der Waals surface area contributed by atoms with Crippen molar-refractivity contribution in [1.82, 2.24) is 10.0 Å². The molecule has 10 nitrogen and oxygen atoms in total. The van der Waals surface area contributed by atoms with Gasteiger partial charge in [-0.2, -0.15) is 0 Å². The lowest BCUT2D eigenvalue weighted by molar-refractivity contribution is -0.129. The molecule has 2 amide bonds. The summed E-state index contributed by atoms with van der Waals surface area (Å²) in [5.74, 6) is 0.131. The molecule has 0 bridgehead atoms. The van der Waals surface area contributed by atoms with Gasteiger partial charge >= 0.3 is 0 Å². The number of benzene rings is 2. The lowest BCUT2D eigenvalue weighted by Gasteiger charge is -2.16. The molecule has 0 radical (unpaired) electrons. The lowest BCUT2D eigenvalue weighted by atomic mass is 10.1. The van der Waals surface area contributed by atoms with Crippen molar-refractivity contribution < 1.29 is 29.0 Å². The van der Waals surface area contributed by atoms with Crippen molar-refractivity contribution in [3.63, 3.8) is 0 Å². The van der Waals surface area contributed by atoms with E-state index in [1.54, 1.807) is 35.9 Å². The van der Waals surface area contributed by atoms with E-state index >= 15 is 0 Å². The largest absolute Gasteiger partial charge is 0.493 e. The zero-order valence-electron chi connectivity index (χ0n) is 19.9. The maximum atomic E-state index is 13.2. The van der Waals surface area contributed by atoms with E-state index in [9.17, 15) is 14.4 Å². The zero-order chi connectivity index (χ0) is 25.4. The number of hydroxylamine groups is 1. The molecule has 35 heavy (non-hydrogen) atoms. The molecule has 0 aliphatic heterocycles. The number of nitrogens with zero attached hydrogens (tertiary/aromatic N) is 1. The highest BCUT2D eigenvalue weighted by molar-refractivity contribution is 6.06. The van der Waals surface area contributed by atoms with Gasteiger partial charge in [-0.25, -0.2) is 5.48 Å². The minimum atomic E-state index is -0.566. The van der Waals surface area contributed by atoms with Gasteiger partial charge in [0.05, 0.1) is 26.8 Å². The number of para-hydroxylation sites is 1. The Morgan fingerprint density at radius 2 is 1.66 bits per heavy atom. The van der Waals surface area contributed by atoms with Crippen LogP contribution in [0.2, 0.25) is 0 Å². The number of amides is 2. The Kier molecular flexibility index (Phi) is 8.69. The maximum absolute atomic E-state index is 13.2. The minimum absolute atomic E-state index is 0.00268. The number of carbonyl (C=O) groups is 2. The van der Waals surface area contributed by atoms with Crippen LogP contribution in [0.15, 0.2) is 47.4 Å². The molecule has 0 aliphatic carbocycles. The normalized spacial score (nSPS) is 10.6. The van der Waals surface area contributed by atoms with E-state index in [4.69, 9.17) is 19.4 Å². The number of unbranched alkanes of at least 4 members (excludes halogenated alkanes) is 2. The van der Waals surface area contributed by atoms with Crippen LogP contribution in [0, 0.1) is 0 Å². The fraction of sp³-hybridized carbons (Fsp3) is 0.320. The molecule has 0 aliphatic rings. The minimum Gasteiger partial charge on any atom is -0.493 e. The molecule has 3 N–H and O–H groups in total. The molecule has 3 aromatic rings. The molecule has 0 saturated carbocycles. The summed E-state index contributed by atoms with van der Waals surface area (Å²) in [5.41, 5.74) is 2.34. The van der Waals surface area contributed by atoms with E-state index in [2.05, 4.69) is 5.32 Å². The molecule has 0 unspecified atom stereocenters. The summed E-state index contributed by atoms with van der Waals surface area (Å²) in [5, 5.41) is 11.8. The van der Waals surface area contributed by atoms with Gasteiger partial charge in [0, 0.05) is 42.4 Å². The number of pyridine rings is 1. The van der Waals surface area contributed by atoms with Gasteiger partial charge in [0.1, 0.15) is 5.56 Å². The first-order valence-electron chi connectivity index (χ1n) is 11.1. The Balaban J connectivity index is 1.88. The van der Waals surface area contributed by atoms with Crippen molar-refractivity contribution in [3.05, 3.63) is 58.4 Å². The first-order valence-corrected chi connectivity index (χ1v) is 11.1. The molecule has 1 heterocycles. The number of methoxy groups -OCH3 is 3. The first-order chi connectivity index (χ1) is 16.9. The van der Waals surface area contributed by atoms with Gasteiger partial charge in [-0.05, 0) is 25.0 Å². The van der Waals surface area contributed by atoms with E-state index < -0.39 is 11.8 Å². The van der Waals surface area contributed by atoms with Crippen molar-refractivity contribution in [3.8, 4) is 17.2 Å². The van der Waals surface area contributed by atoms with Gasteiger partial charge in [-0.15, -0.1) is 0 Å². The Labute approximate surface area is 202 Å². The second kappa shape index (κ2) is 11.9. The smallest absolute Gasteiger partial charge is 0.261 e. The van der Waals surface area contributed by atoms with Crippen molar-refractivity contribution in [2.75, 3.05) is 26.6 Å². The third kappa shape index (κ3) is 5.90. The van der Waals surface area contributed by atoms with Gasteiger partial charge in [0.15, 0.2) is 11.5 Å². The fourth-order valence-electron chi connectivity index (χ4n) is 3.84. The van der Waals surface area contributed by atoms with Crippen molar-refractivity contribution in [2.45, 2.75) is 32.2 Å². The molecule has 10 heteroatoms. The van der Waals surface area contributed by atoms with Crippen LogP contribution in [0.3, 0.4) is 0 Å². The average Bonchev–Trinajstić information content (AvgIpc) is 2.88. The number of rotatable bonds is 11. The number of anilines is 1. The zero-order valence-corrected chi connectivity index (χ0v) is 19.9. The first kappa shape index (κ1) is 25.6. The summed E-state index contributed by atoms with van der Waals surface area (Å²) in [6.45, 7) is 0.548. The summed E-state index contributed by atoms with van der Waals surface area (Å²) in [7, 11) is 4.43. The highest BCUT2D eigenvalue weighted by atomic mass is 16.5. The summed E-state index contributed by atoms with van der Waals surface area (Å²) >= 11 is 0. The van der Waals surface area contributed by atoms with Gasteiger partial charge in [0.2, 0.25) is 17.1 Å². The molecule has 1 aromatic heterocycles. The number of carbonyl (C=O) groups excluding carboxylic acids is 2. The van der Waals surface area contributed by atoms with Crippen LogP contribution in [-0.4, -0.2) is 42.9 Å². The highest BCUT2D eigenvalue weighted by Gasteiger charge is 2.18. The van der Waals surface area contributed by atoms with Crippen molar-refractivity contribution in [1.29, 1.82) is 0 Å². The molecule has 186 valence electrons. The molecular weight excluding hydrogens is 454 g/mol. The number of aryl methyl sites for hydroxylation is 1. The lowest BCUT2D eigenvalue weighted by Crippen LogP contribution is -2.24. The van der Waals surface area contributed by atoms with Crippen LogP contribution in [0.25, 0.3) is 10.9 Å². The molecule has 0 atom stereocenters. The third-order valence-corrected chi connectivity index (χ3v) is 5.58. The van der Waals surface area contributed by atoms with Crippen LogP contribution in [0.1, 0.15) is 36.0 Å². The summed E-state index contributed by atoms with van der Waals surface area (Å²) < 4.78 is 17.8. The Bertz CT molecular complexity index is 1240. The molecule has 0 spiro atoms. The number of hydrogen-bond acceptors (Lipinski definition) is 7. The fourth-order valence-corrected chi connectivity index (χ4v) is 3.84. The topological polar surface area (TPSA) is 128 Å². The van der Waals surface area contributed by atoms with E-state index in [1.807, 2.05) is 16.7 Å². The van der Waals surface area contributed by atoms with E-state index in [-0.39, 0.29) is 17.4 Å². The Morgan fingerprint density at radius 3 is 2.29 bits per heavy atom. The SMILES string of the molecule is COc1cc(NC(=O)c2cn(CCCCCC(=O)NO)c3ccccc3c2=O)cc(OC)c1OC. The summed E-state index contributed by atoms with van der Waals surface area (Å²) in [6, 6.07) is 10.3. The number of aromatic nitrogens is 1. The van der Waals surface area contributed by atoms with Gasteiger partial charge in [-0.3, -0.25) is 19.6 Å². The number of fused-ring (bicyclic) bond motifs is 1. The molecular formula is C25H29N3O7. The van der Waals surface area contributed by atoms with Crippen LogP contribution < -0.4 is 30.4 Å². The van der Waals surface area contributed by atoms with Gasteiger partial charge in [-0.1, -0.05) is 18.6 Å². The predicted octanol–water partition coefficient (Wildman–Crippen LogP) is 3.35. The maximum Gasteiger partial charge on any atom is 0.261 e. The third-order valence-electron chi connectivity index (χ3n) is 5.58. The molecule has 0 fully saturated rings. The van der Waals surface area contributed by atoms with Crippen molar-refractivity contribution >= 4 is 28.4 Å².